The molecular weight excluding hydrogens is 388 g/mol. The Morgan fingerprint density at radius 3 is 2.77 bits per heavy atom. The summed E-state index contributed by atoms with van der Waals surface area (Å²) in [5.74, 6) is 1.70. The van der Waals surface area contributed by atoms with Gasteiger partial charge in [0.25, 0.3) is 0 Å². The molecule has 2 N–H and O–H groups in total. The van der Waals surface area contributed by atoms with Crippen molar-refractivity contribution in [3.05, 3.63) is 47.2 Å². The van der Waals surface area contributed by atoms with Crippen LogP contribution in [0.25, 0.3) is 5.65 Å². The number of nitrogens with zero attached hydrogens (tertiary/aromatic N) is 4. The molecule has 1 aliphatic carbocycles. The van der Waals surface area contributed by atoms with E-state index in [1.54, 1.807) is 0 Å². The second kappa shape index (κ2) is 8.83. The molecule has 3 heterocycles. The van der Waals surface area contributed by atoms with E-state index >= 15 is 0 Å². The summed E-state index contributed by atoms with van der Waals surface area (Å²) >= 11 is 0. The van der Waals surface area contributed by atoms with Crippen LogP contribution in [0.1, 0.15) is 74.5 Å². The molecule has 2 aliphatic rings. The Hall–Kier alpha value is -2.67. The van der Waals surface area contributed by atoms with Gasteiger partial charge in [0.2, 0.25) is 5.95 Å². The fourth-order valence-electron chi connectivity index (χ4n) is 4.51. The van der Waals surface area contributed by atoms with E-state index in [9.17, 15) is 0 Å². The maximum absolute atomic E-state index is 6.18. The molecule has 31 heavy (non-hydrogen) atoms. The van der Waals surface area contributed by atoms with E-state index in [4.69, 9.17) is 14.7 Å². The summed E-state index contributed by atoms with van der Waals surface area (Å²) in [6.45, 7) is 6.91. The smallest absolute Gasteiger partial charge is 0.322 e. The molecule has 7 heteroatoms. The van der Waals surface area contributed by atoms with E-state index in [2.05, 4.69) is 53.8 Å². The van der Waals surface area contributed by atoms with Gasteiger partial charge in [-0.3, -0.25) is 0 Å². The van der Waals surface area contributed by atoms with Crippen molar-refractivity contribution in [3.8, 4) is 6.01 Å². The highest BCUT2D eigenvalue weighted by molar-refractivity contribution is 5.53. The second-order valence-corrected chi connectivity index (χ2v) is 9.09. The Kier molecular flexibility index (Phi) is 5.76. The SMILES string of the molecule is CC(C)c1cnn2c(NCc3ccccc3C3CCC3)nc(OC3CCCNC3)nc12. The molecule has 1 saturated carbocycles. The molecule has 1 saturated heterocycles. The predicted molar refractivity (Wildman–Crippen MR) is 122 cm³/mol. The standard InChI is InChI=1S/C24H32N6O/c1-16(2)21-15-27-30-22(21)28-24(31-19-10-6-12-25-14-19)29-23(30)26-13-18-7-3-4-11-20(18)17-8-5-9-17/h3-4,7,11,15-17,19,25H,5-6,8-10,12-14H2,1-2H3,(H,26,28,29). The number of nitrogens with one attached hydrogen (secondary N) is 2. The van der Waals surface area contributed by atoms with Gasteiger partial charge in [0.15, 0.2) is 5.65 Å². The van der Waals surface area contributed by atoms with Crippen LogP contribution in [0.4, 0.5) is 5.95 Å². The highest BCUT2D eigenvalue weighted by Gasteiger charge is 2.23. The van der Waals surface area contributed by atoms with Gasteiger partial charge in [0, 0.05) is 18.7 Å². The Morgan fingerprint density at radius 2 is 2.03 bits per heavy atom. The predicted octanol–water partition coefficient (Wildman–Crippen LogP) is 4.26. The number of hydrogen-bond acceptors (Lipinski definition) is 6. The fourth-order valence-corrected chi connectivity index (χ4v) is 4.51. The molecular formula is C24H32N6O. The maximum atomic E-state index is 6.18. The molecule has 164 valence electrons. The number of rotatable bonds is 7. The molecule has 1 unspecified atom stereocenters. The minimum absolute atomic E-state index is 0.105. The fraction of sp³-hybridized carbons (Fsp3) is 0.542. The van der Waals surface area contributed by atoms with Crippen molar-refractivity contribution in [2.24, 2.45) is 0 Å². The van der Waals surface area contributed by atoms with Crippen molar-refractivity contribution < 1.29 is 4.74 Å². The molecule has 0 radical (unpaired) electrons. The summed E-state index contributed by atoms with van der Waals surface area (Å²) in [6.07, 6.45) is 8.05. The molecule has 0 spiro atoms. The summed E-state index contributed by atoms with van der Waals surface area (Å²) in [5.41, 5.74) is 4.71. The molecule has 1 aliphatic heterocycles. The topological polar surface area (TPSA) is 76.4 Å². The molecule has 3 aromatic rings. The van der Waals surface area contributed by atoms with Gasteiger partial charge in [-0.05, 0) is 55.2 Å². The van der Waals surface area contributed by atoms with Crippen molar-refractivity contribution in [2.45, 2.75) is 70.4 Å². The van der Waals surface area contributed by atoms with Gasteiger partial charge in [0.1, 0.15) is 6.10 Å². The lowest BCUT2D eigenvalue weighted by molar-refractivity contribution is 0.153. The van der Waals surface area contributed by atoms with E-state index in [-0.39, 0.29) is 6.10 Å². The van der Waals surface area contributed by atoms with Crippen LogP contribution in [0.5, 0.6) is 6.01 Å². The van der Waals surface area contributed by atoms with E-state index in [0.29, 0.717) is 30.3 Å². The van der Waals surface area contributed by atoms with Crippen LogP contribution in [-0.2, 0) is 6.54 Å². The summed E-state index contributed by atoms with van der Waals surface area (Å²) in [6, 6.07) is 9.17. The number of ether oxygens (including phenoxy) is 1. The number of piperidine rings is 1. The van der Waals surface area contributed by atoms with Gasteiger partial charge < -0.3 is 15.4 Å². The van der Waals surface area contributed by atoms with Crippen LogP contribution in [-0.4, -0.2) is 38.8 Å². The second-order valence-electron chi connectivity index (χ2n) is 9.09. The minimum atomic E-state index is 0.105. The molecule has 0 bridgehead atoms. The van der Waals surface area contributed by atoms with Crippen molar-refractivity contribution in [3.63, 3.8) is 0 Å². The van der Waals surface area contributed by atoms with Crippen LogP contribution in [0.3, 0.4) is 0 Å². The lowest BCUT2D eigenvalue weighted by Crippen LogP contribution is -2.37. The lowest BCUT2D eigenvalue weighted by atomic mass is 9.78. The molecule has 7 nitrogen and oxygen atoms in total. The van der Waals surface area contributed by atoms with Crippen LogP contribution in [0, 0.1) is 0 Å². The Labute approximate surface area is 183 Å². The summed E-state index contributed by atoms with van der Waals surface area (Å²) in [4.78, 5) is 9.45. The van der Waals surface area contributed by atoms with Crippen LogP contribution >= 0.6 is 0 Å². The first-order valence-corrected chi connectivity index (χ1v) is 11.6. The van der Waals surface area contributed by atoms with Crippen molar-refractivity contribution in [1.29, 1.82) is 0 Å². The summed E-state index contributed by atoms with van der Waals surface area (Å²) in [7, 11) is 0. The number of anilines is 1. The Morgan fingerprint density at radius 1 is 1.16 bits per heavy atom. The van der Waals surface area contributed by atoms with Crippen molar-refractivity contribution in [2.75, 3.05) is 18.4 Å². The normalized spacial score (nSPS) is 19.5. The van der Waals surface area contributed by atoms with Gasteiger partial charge in [0.05, 0.1) is 6.20 Å². The van der Waals surface area contributed by atoms with Crippen molar-refractivity contribution >= 4 is 11.6 Å². The summed E-state index contributed by atoms with van der Waals surface area (Å²) < 4.78 is 8.00. The number of hydrogen-bond donors (Lipinski definition) is 2. The summed E-state index contributed by atoms with van der Waals surface area (Å²) in [5, 5.41) is 11.5. The Balaban J connectivity index is 1.44. The third-order valence-corrected chi connectivity index (χ3v) is 6.56. The van der Waals surface area contributed by atoms with Crippen LogP contribution in [0.2, 0.25) is 0 Å². The van der Waals surface area contributed by atoms with E-state index < -0.39 is 0 Å². The van der Waals surface area contributed by atoms with Crippen LogP contribution < -0.4 is 15.4 Å². The molecule has 2 aromatic heterocycles. The monoisotopic (exact) mass is 420 g/mol. The number of fused-ring (bicyclic) bond motifs is 1. The largest absolute Gasteiger partial charge is 0.459 e. The highest BCUT2D eigenvalue weighted by atomic mass is 16.5. The average molecular weight is 421 g/mol. The highest BCUT2D eigenvalue weighted by Crippen LogP contribution is 2.38. The van der Waals surface area contributed by atoms with Gasteiger partial charge in [-0.2, -0.15) is 19.6 Å². The zero-order chi connectivity index (χ0) is 21.2. The minimum Gasteiger partial charge on any atom is -0.459 e. The van der Waals surface area contributed by atoms with Gasteiger partial charge in [-0.1, -0.05) is 44.5 Å². The first-order valence-electron chi connectivity index (χ1n) is 11.6. The van der Waals surface area contributed by atoms with Crippen LogP contribution in [0.15, 0.2) is 30.5 Å². The van der Waals surface area contributed by atoms with E-state index in [1.807, 2.05) is 10.7 Å². The van der Waals surface area contributed by atoms with E-state index in [0.717, 1.165) is 37.1 Å². The first-order chi connectivity index (χ1) is 15.2. The van der Waals surface area contributed by atoms with E-state index in [1.165, 1.54) is 30.4 Å². The average Bonchev–Trinajstić information content (AvgIpc) is 3.17. The third kappa shape index (κ3) is 4.24. The molecule has 0 amide bonds. The number of aromatic nitrogens is 4. The Bertz CT molecular complexity index is 1040. The molecule has 1 aromatic carbocycles. The quantitative estimate of drug-likeness (QED) is 0.595. The maximum Gasteiger partial charge on any atom is 0.322 e. The third-order valence-electron chi connectivity index (χ3n) is 6.56. The lowest BCUT2D eigenvalue weighted by Gasteiger charge is -2.28. The van der Waals surface area contributed by atoms with Gasteiger partial charge in [-0.25, -0.2) is 0 Å². The molecule has 1 atom stereocenters. The first kappa shape index (κ1) is 20.2. The van der Waals surface area contributed by atoms with Gasteiger partial charge in [-0.15, -0.1) is 0 Å². The van der Waals surface area contributed by atoms with Gasteiger partial charge >= 0.3 is 6.01 Å². The number of benzene rings is 1. The van der Waals surface area contributed by atoms with Crippen molar-refractivity contribution in [1.82, 2.24) is 24.9 Å². The zero-order valence-corrected chi connectivity index (χ0v) is 18.5. The molecule has 5 rings (SSSR count). The zero-order valence-electron chi connectivity index (χ0n) is 18.5. The molecule has 2 fully saturated rings.